The van der Waals surface area contributed by atoms with Crippen molar-refractivity contribution in [3.63, 3.8) is 0 Å². The fourth-order valence-electron chi connectivity index (χ4n) is 2.72. The van der Waals surface area contributed by atoms with Gasteiger partial charge < -0.3 is 10.2 Å². The highest BCUT2D eigenvalue weighted by Gasteiger charge is 2.46. The highest BCUT2D eigenvalue weighted by atomic mass is 16.4. The maximum atomic E-state index is 11.5. The zero-order chi connectivity index (χ0) is 11.8. The van der Waals surface area contributed by atoms with Gasteiger partial charge in [-0.05, 0) is 31.2 Å². The smallest absolute Gasteiger partial charge is 0.314 e. The third-order valence-electron chi connectivity index (χ3n) is 3.59. The Kier molecular flexibility index (Phi) is 2.62. The Labute approximate surface area is 94.7 Å². The second-order valence-electron chi connectivity index (χ2n) is 4.75. The number of benzene rings is 1. The van der Waals surface area contributed by atoms with E-state index in [9.17, 15) is 15.0 Å². The fraction of sp³-hybridized carbons (Fsp3) is 0.462. The minimum absolute atomic E-state index is 0.0963. The molecule has 0 aliphatic heterocycles. The number of carboxylic acid groups (broad SMARTS) is 1. The van der Waals surface area contributed by atoms with Gasteiger partial charge in [-0.25, -0.2) is 0 Å². The maximum Gasteiger partial charge on any atom is 0.314 e. The number of carbonyl (C=O) groups is 1. The lowest BCUT2D eigenvalue weighted by molar-refractivity contribution is -0.143. The lowest BCUT2D eigenvalue weighted by Crippen LogP contribution is -2.33. The van der Waals surface area contributed by atoms with Crippen molar-refractivity contribution in [2.24, 2.45) is 5.92 Å². The van der Waals surface area contributed by atoms with Crippen molar-refractivity contribution in [2.75, 3.05) is 0 Å². The predicted molar refractivity (Wildman–Crippen MR) is 60.4 cm³/mol. The second-order valence-corrected chi connectivity index (χ2v) is 4.75. The monoisotopic (exact) mass is 220 g/mol. The predicted octanol–water partition coefficient (Wildman–Crippen LogP) is 2.53. The van der Waals surface area contributed by atoms with Gasteiger partial charge in [0.1, 0.15) is 5.75 Å². The van der Waals surface area contributed by atoms with Crippen LogP contribution >= 0.6 is 0 Å². The molecule has 1 saturated carbocycles. The van der Waals surface area contributed by atoms with E-state index in [4.69, 9.17) is 0 Å². The van der Waals surface area contributed by atoms with Crippen molar-refractivity contribution >= 4 is 5.97 Å². The molecule has 0 radical (unpaired) electrons. The molecule has 1 aliphatic carbocycles. The minimum Gasteiger partial charge on any atom is -0.508 e. The van der Waals surface area contributed by atoms with Crippen LogP contribution in [-0.4, -0.2) is 16.2 Å². The zero-order valence-electron chi connectivity index (χ0n) is 9.31. The van der Waals surface area contributed by atoms with E-state index in [1.165, 1.54) is 0 Å². The summed E-state index contributed by atoms with van der Waals surface area (Å²) in [5.74, 6) is -0.326. The van der Waals surface area contributed by atoms with E-state index in [0.717, 1.165) is 6.42 Å². The van der Waals surface area contributed by atoms with Gasteiger partial charge in [0.2, 0.25) is 0 Å². The number of para-hydroxylation sites is 1. The molecule has 0 aromatic heterocycles. The number of rotatable bonds is 2. The summed E-state index contributed by atoms with van der Waals surface area (Å²) >= 11 is 0. The fourth-order valence-corrected chi connectivity index (χ4v) is 2.72. The Morgan fingerprint density at radius 3 is 2.62 bits per heavy atom. The molecule has 0 amide bonds. The molecule has 2 N–H and O–H groups in total. The molecule has 3 heteroatoms. The van der Waals surface area contributed by atoms with Crippen molar-refractivity contribution in [1.29, 1.82) is 0 Å². The standard InChI is InChI=1S/C13H16O3/c1-9-6-7-13(8-9,12(15)16)10-4-2-3-5-11(10)14/h2-5,9,14H,6-8H2,1H3,(H,15,16). The maximum absolute atomic E-state index is 11.5. The first-order chi connectivity index (χ1) is 7.56. The van der Waals surface area contributed by atoms with Gasteiger partial charge >= 0.3 is 5.97 Å². The van der Waals surface area contributed by atoms with Crippen molar-refractivity contribution in [1.82, 2.24) is 0 Å². The molecule has 1 aromatic carbocycles. The number of phenolic OH excluding ortho intramolecular Hbond substituents is 1. The Hall–Kier alpha value is -1.51. The zero-order valence-corrected chi connectivity index (χ0v) is 9.31. The highest BCUT2D eigenvalue weighted by molar-refractivity contribution is 5.83. The van der Waals surface area contributed by atoms with Gasteiger partial charge in [0.25, 0.3) is 0 Å². The molecule has 2 rings (SSSR count). The summed E-state index contributed by atoms with van der Waals surface area (Å²) in [7, 11) is 0. The summed E-state index contributed by atoms with van der Waals surface area (Å²) in [6, 6.07) is 6.78. The van der Waals surface area contributed by atoms with Crippen LogP contribution in [0.3, 0.4) is 0 Å². The van der Waals surface area contributed by atoms with Crippen molar-refractivity contribution < 1.29 is 15.0 Å². The van der Waals surface area contributed by atoms with Gasteiger partial charge in [-0.15, -0.1) is 0 Å². The molecule has 2 unspecified atom stereocenters. The number of hydrogen-bond acceptors (Lipinski definition) is 2. The molecule has 3 nitrogen and oxygen atoms in total. The molecule has 86 valence electrons. The summed E-state index contributed by atoms with van der Waals surface area (Å²) in [5, 5.41) is 19.3. The summed E-state index contributed by atoms with van der Waals surface area (Å²) in [6.07, 6.45) is 2.13. The highest BCUT2D eigenvalue weighted by Crippen LogP contribution is 2.46. The van der Waals surface area contributed by atoms with E-state index in [0.29, 0.717) is 24.3 Å². The Balaban J connectivity index is 2.49. The van der Waals surface area contributed by atoms with E-state index in [1.807, 2.05) is 0 Å². The van der Waals surface area contributed by atoms with Gasteiger partial charge in [0, 0.05) is 5.56 Å². The summed E-state index contributed by atoms with van der Waals surface area (Å²) in [5.41, 5.74) is -0.322. The van der Waals surface area contributed by atoms with Crippen LogP contribution in [0.1, 0.15) is 31.7 Å². The van der Waals surface area contributed by atoms with Crippen molar-refractivity contribution in [2.45, 2.75) is 31.6 Å². The van der Waals surface area contributed by atoms with Crippen LogP contribution in [0, 0.1) is 5.92 Å². The van der Waals surface area contributed by atoms with Gasteiger partial charge in [0.05, 0.1) is 5.41 Å². The SMILES string of the molecule is CC1CCC(C(=O)O)(c2ccccc2O)C1. The van der Waals surface area contributed by atoms with Crippen molar-refractivity contribution in [3.8, 4) is 5.75 Å². The van der Waals surface area contributed by atoms with E-state index >= 15 is 0 Å². The molecular weight excluding hydrogens is 204 g/mol. The van der Waals surface area contributed by atoms with E-state index in [2.05, 4.69) is 6.92 Å². The van der Waals surface area contributed by atoms with Crippen molar-refractivity contribution in [3.05, 3.63) is 29.8 Å². The molecule has 0 heterocycles. The lowest BCUT2D eigenvalue weighted by atomic mass is 9.78. The number of hydrogen-bond donors (Lipinski definition) is 2. The molecule has 0 saturated heterocycles. The van der Waals surface area contributed by atoms with Gasteiger partial charge in [-0.3, -0.25) is 4.79 Å². The average molecular weight is 220 g/mol. The van der Waals surface area contributed by atoms with Gasteiger partial charge in [-0.2, -0.15) is 0 Å². The summed E-state index contributed by atoms with van der Waals surface area (Å²) < 4.78 is 0. The average Bonchev–Trinajstić information content (AvgIpc) is 2.62. The first-order valence-electron chi connectivity index (χ1n) is 5.58. The molecular formula is C13H16O3. The second kappa shape index (κ2) is 3.81. The van der Waals surface area contributed by atoms with Gasteiger partial charge in [-0.1, -0.05) is 25.1 Å². The van der Waals surface area contributed by atoms with Crippen LogP contribution in [0.15, 0.2) is 24.3 Å². The molecule has 1 aromatic rings. The van der Waals surface area contributed by atoms with Gasteiger partial charge in [0.15, 0.2) is 0 Å². The summed E-state index contributed by atoms with van der Waals surface area (Å²) in [6.45, 7) is 2.06. The molecule has 0 bridgehead atoms. The third kappa shape index (κ3) is 1.56. The molecule has 16 heavy (non-hydrogen) atoms. The first kappa shape index (κ1) is 11.0. The Morgan fingerprint density at radius 2 is 2.12 bits per heavy atom. The normalized spacial score (nSPS) is 29.2. The number of carboxylic acids is 1. The van der Waals surface area contributed by atoms with Crippen LogP contribution in [0.2, 0.25) is 0 Å². The quantitative estimate of drug-likeness (QED) is 0.805. The first-order valence-corrected chi connectivity index (χ1v) is 5.58. The Morgan fingerprint density at radius 1 is 1.44 bits per heavy atom. The van der Waals surface area contributed by atoms with E-state index < -0.39 is 11.4 Å². The van der Waals surface area contributed by atoms with Crippen LogP contribution in [0.25, 0.3) is 0 Å². The largest absolute Gasteiger partial charge is 0.508 e. The van der Waals surface area contributed by atoms with Crippen LogP contribution in [-0.2, 0) is 10.2 Å². The van der Waals surface area contributed by atoms with Crippen LogP contribution < -0.4 is 0 Å². The topological polar surface area (TPSA) is 57.5 Å². The Bertz CT molecular complexity index is 413. The summed E-state index contributed by atoms with van der Waals surface area (Å²) in [4.78, 5) is 11.5. The van der Waals surface area contributed by atoms with Crippen LogP contribution in [0.4, 0.5) is 0 Å². The lowest BCUT2D eigenvalue weighted by Gasteiger charge is -2.25. The molecule has 0 spiro atoms. The molecule has 1 fully saturated rings. The van der Waals surface area contributed by atoms with Crippen LogP contribution in [0.5, 0.6) is 5.75 Å². The minimum atomic E-state index is -0.884. The number of aromatic hydroxyl groups is 1. The van der Waals surface area contributed by atoms with E-state index in [1.54, 1.807) is 24.3 Å². The third-order valence-corrected chi connectivity index (χ3v) is 3.59. The number of phenols is 1. The number of aliphatic carboxylic acids is 1. The molecule has 1 aliphatic rings. The molecule has 2 atom stereocenters. The van der Waals surface area contributed by atoms with E-state index in [-0.39, 0.29) is 5.75 Å².